The van der Waals surface area contributed by atoms with E-state index in [0.717, 1.165) is 18.8 Å². The van der Waals surface area contributed by atoms with Gasteiger partial charge >= 0.3 is 90.5 Å². The molecule has 0 radical (unpaired) electrons. The molecule has 55 nitrogen and oxygen atoms in total. The summed E-state index contributed by atoms with van der Waals surface area (Å²) in [5.41, 5.74) is 0. The molecule has 28 atom stereocenters. The van der Waals surface area contributed by atoms with Crippen molar-refractivity contribution in [2.45, 2.75) is 179 Å². The lowest BCUT2D eigenvalue weighted by molar-refractivity contribution is -0.374. The van der Waals surface area contributed by atoms with Crippen LogP contribution in [0.15, 0.2) is 11.8 Å². The number of hydrogen-bond acceptors (Lipinski definition) is 42. The van der Waals surface area contributed by atoms with Crippen LogP contribution in [0.5, 0.6) is 0 Å². The average Bonchev–Trinajstić information content (AvgIpc) is 0.765. The highest BCUT2D eigenvalue weighted by Gasteiger charge is 2.62. The van der Waals surface area contributed by atoms with Gasteiger partial charge in [0.2, 0.25) is 18.0 Å². The number of carboxylic acid groups (broad SMARTS) is 3. The number of hydrogen-bond donors (Lipinski definition) is 20. The third-order valence-corrected chi connectivity index (χ3v) is 17.6. The fourth-order valence-electron chi connectivity index (χ4n) is 10.3. The van der Waals surface area contributed by atoms with Gasteiger partial charge < -0.3 is 113 Å². The van der Waals surface area contributed by atoms with Crippen molar-refractivity contribution in [2.24, 2.45) is 0 Å². The third kappa shape index (κ3) is 23.9. The largest absolute Gasteiger partial charge is 0.479 e. The van der Waals surface area contributed by atoms with Crippen LogP contribution in [0.3, 0.4) is 0 Å². The van der Waals surface area contributed by atoms with E-state index in [2.05, 4.69) is 20.9 Å². The maximum Gasteiger partial charge on any atom is 0.397 e. The minimum absolute atomic E-state index is 0.470. The fraction of sp³-hybridized carbons (Fsp3) is 0.846. The zero-order valence-electron chi connectivity index (χ0n) is 49.6. The van der Waals surface area contributed by atoms with Crippen molar-refractivity contribution in [3.05, 3.63) is 11.8 Å². The number of ether oxygens (including phenoxy) is 12. The van der Waals surface area contributed by atoms with E-state index in [9.17, 15) is 161 Å². The highest BCUT2D eigenvalue weighted by molar-refractivity contribution is 7.84. The molecule has 5 saturated heterocycles. The first-order chi connectivity index (χ1) is 46.1. The molecule has 1 amide bonds. The monoisotopic (exact) mass is 1630 g/mol. The van der Waals surface area contributed by atoms with Gasteiger partial charge in [-0.15, -0.1) is 0 Å². The van der Waals surface area contributed by atoms with E-state index in [1.54, 1.807) is 0 Å². The van der Waals surface area contributed by atoms with Crippen LogP contribution in [0, 0.1) is 0 Å². The van der Waals surface area contributed by atoms with Crippen LogP contribution in [0.2, 0.25) is 0 Å². The van der Waals surface area contributed by atoms with E-state index in [0.29, 0.717) is 6.08 Å². The molecule has 0 saturated carbocycles. The van der Waals surface area contributed by atoms with Crippen molar-refractivity contribution in [2.75, 3.05) is 26.9 Å². The summed E-state index contributed by atoms with van der Waals surface area (Å²) in [6.07, 6.45) is -69.6. The molecule has 0 aromatic carbocycles. The van der Waals surface area contributed by atoms with Gasteiger partial charge in [-0.2, -0.15) is 68.4 Å². The Kier molecular flexibility index (Phi) is 28.3. The molecule has 0 aliphatic carbocycles. The Bertz CT molecular complexity index is 3810. The predicted octanol–water partition coefficient (Wildman–Crippen LogP) is -13.9. The van der Waals surface area contributed by atoms with E-state index in [1.807, 2.05) is 5.32 Å². The van der Waals surface area contributed by atoms with Crippen molar-refractivity contribution < 1.29 is 239 Å². The lowest BCUT2D eigenvalue weighted by Crippen LogP contribution is -2.71. The van der Waals surface area contributed by atoms with Crippen molar-refractivity contribution >= 4 is 96.4 Å². The second kappa shape index (κ2) is 33.3. The summed E-state index contributed by atoms with van der Waals surface area (Å²) >= 11 is 0. The fourth-order valence-corrected chi connectivity index (χ4v) is 13.4. The van der Waals surface area contributed by atoms with Crippen molar-refractivity contribution in [3.63, 3.8) is 0 Å². The van der Waals surface area contributed by atoms with Gasteiger partial charge in [0.15, 0.2) is 49.8 Å². The normalized spacial score (nSPS) is 38.7. The molecular weight excluding hydrogens is 1570 g/mol. The van der Waals surface area contributed by atoms with Crippen LogP contribution in [0.25, 0.3) is 0 Å². The van der Waals surface area contributed by atoms with Crippen molar-refractivity contribution in [1.82, 2.24) is 14.8 Å². The molecule has 6 aliphatic rings. The van der Waals surface area contributed by atoms with E-state index < -0.39 is 294 Å². The molecule has 6 rings (SSSR count). The number of aliphatic hydroxyl groups excluding tert-OH is 7. The van der Waals surface area contributed by atoms with Gasteiger partial charge in [-0.1, -0.05) is 0 Å². The Morgan fingerprint density at radius 3 is 1.23 bits per heavy atom. The van der Waals surface area contributed by atoms with Crippen LogP contribution in [-0.4, -0.2) is 364 Å². The lowest BCUT2D eigenvalue weighted by atomic mass is 9.94. The van der Waals surface area contributed by atoms with Crippen LogP contribution < -0.4 is 14.8 Å². The predicted molar refractivity (Wildman–Crippen MR) is 292 cm³/mol. The Labute approximate surface area is 565 Å². The number of nitrogens with one attached hydrogen (secondary N) is 3. The molecule has 101 heavy (non-hydrogen) atoms. The summed E-state index contributed by atoms with van der Waals surface area (Å²) in [7, 11) is -40.5. The number of rotatable bonds is 32. The standard InChI is InChI=1S/C39H61N3O52S7/c1-7(43)40-13-17(46)22(86-37-16(45)8(44)3-9(82-37)31(51)52)11(5-80-98(66,67)68)84-35(13)89-26-19(48)20(49)38(91-29(26)32(53)54)88-24-12(6-81-99(69,70)71)85-36(15(42-96(60,61)62)25(24)93-100(72,73)74)90-27-21(50)28(94-101(75,76)77)39(92-30(27)33(55)56)87-23-10(4-79-97(63,64)65)83-34(78-2)14(18(23)47)41-95(57,58)59/h3,8,10-30,34-39,41-42,44-50H,4-6H2,1-2H3,(H,40,43)(H,51,52)(H,53,54)(H,55,56)(H,57,58,59)(H,60,61,62)(H,63,64,65)(H,66,67,68)(H,69,70,71)(H,72,73,74)(H,75,76,77)/t8-,10+,11+,12+,13+,14+,15+,16+,17+,18+,19+,20+,21-,22+,23+,24+,25+,26-,27-,28+,29-,30+,34-,35+,36+,37-,38+,39?/m0/s1. The first kappa shape index (κ1) is 85.7. The molecule has 62 heteroatoms. The molecule has 586 valence electrons. The third-order valence-electron chi connectivity index (χ3n) is 14.2. The lowest BCUT2D eigenvalue weighted by Gasteiger charge is -2.50. The number of carbonyl (C=O) groups is 4. The second-order valence-corrected chi connectivity index (χ2v) is 29.0. The zero-order chi connectivity index (χ0) is 76.5. The van der Waals surface area contributed by atoms with Gasteiger partial charge in [0.25, 0.3) is 0 Å². The van der Waals surface area contributed by atoms with E-state index >= 15 is 0 Å². The Morgan fingerprint density at radius 1 is 0.416 bits per heavy atom. The number of carbonyl (C=O) groups excluding carboxylic acids is 1. The van der Waals surface area contributed by atoms with Crippen LogP contribution in [0.4, 0.5) is 0 Å². The van der Waals surface area contributed by atoms with E-state index in [-0.39, 0.29) is 0 Å². The Hall–Kier alpha value is -4.21. The molecule has 0 spiro atoms. The number of amides is 1. The summed E-state index contributed by atoms with van der Waals surface area (Å²) in [6.45, 7) is -4.40. The highest BCUT2D eigenvalue weighted by atomic mass is 32.3. The number of aliphatic hydroxyl groups is 7. The molecule has 0 aromatic rings. The Morgan fingerprint density at radius 2 is 0.802 bits per heavy atom. The summed E-state index contributed by atoms with van der Waals surface area (Å²) in [6, 6.07) is -7.90. The van der Waals surface area contributed by atoms with E-state index in [4.69, 9.17) is 56.8 Å². The summed E-state index contributed by atoms with van der Waals surface area (Å²) < 4.78 is 327. The molecule has 6 heterocycles. The van der Waals surface area contributed by atoms with Crippen LogP contribution >= 0.6 is 0 Å². The van der Waals surface area contributed by atoms with Crippen LogP contribution in [0.1, 0.15) is 6.92 Å². The molecule has 1 unspecified atom stereocenters. The number of carboxylic acids is 3. The second-order valence-electron chi connectivity index (χ2n) is 21.2. The van der Waals surface area contributed by atoms with Gasteiger partial charge in [-0.3, -0.25) is 36.7 Å². The summed E-state index contributed by atoms with van der Waals surface area (Å²) in [5, 5.41) is 112. The summed E-state index contributed by atoms with van der Waals surface area (Å²) in [4.78, 5) is 50.5. The molecule has 20 N–H and O–H groups in total. The number of aliphatic carboxylic acids is 3. The highest BCUT2D eigenvalue weighted by Crippen LogP contribution is 2.39. The van der Waals surface area contributed by atoms with Gasteiger partial charge in [0.1, 0.15) is 116 Å². The van der Waals surface area contributed by atoms with Gasteiger partial charge in [-0.25, -0.2) is 35.3 Å². The van der Waals surface area contributed by atoms with Crippen LogP contribution in [-0.2, 0) is 170 Å². The van der Waals surface area contributed by atoms with Crippen molar-refractivity contribution in [1.29, 1.82) is 0 Å². The number of methoxy groups -OCH3 is 1. The molecule has 0 bridgehead atoms. The molecular formula is C39H61N3O52S7. The zero-order valence-corrected chi connectivity index (χ0v) is 55.3. The molecule has 0 aromatic heterocycles. The SMILES string of the molecule is CO[C@H]1O[C@H](COS(=O)(=O)O)[C@@H](OC2O[C@@H](C(=O)O)[C@@H](O[C@H]3O[C@H](COS(=O)(=O)O)[C@@H](O[C@@H]4O[C@H](C(=O)O)[C@@H](O[C@H]5O[C@H](COS(=O)(=O)O)[C@@H](O[C@@H]6OC(C(=O)O)=C[C@H](O)[C@H]6O)[C@H](O)[C@H]5NC(C)=O)[C@H](O)[C@H]4O)[C@H](OS(=O)(=O)O)[C@H]3NS(=O)(=O)O)[C@H](O)[C@H]2OS(=O)(=O)O)[C@H](O)[C@H]1NS(=O)(=O)O. The quantitative estimate of drug-likeness (QED) is 0.0278. The average molecular weight is 1630 g/mol. The van der Waals surface area contributed by atoms with Gasteiger partial charge in [0.05, 0.1) is 19.8 Å². The maximum atomic E-state index is 13.1. The summed E-state index contributed by atoms with van der Waals surface area (Å²) in [5.74, 6) is -9.08. The first-order valence-electron chi connectivity index (χ1n) is 26.9. The minimum Gasteiger partial charge on any atom is -0.479 e. The first-order valence-corrected chi connectivity index (χ1v) is 36.6. The Balaban J connectivity index is 1.40. The maximum absolute atomic E-state index is 13.1. The molecule has 5 fully saturated rings. The van der Waals surface area contributed by atoms with Gasteiger partial charge in [0, 0.05) is 14.0 Å². The van der Waals surface area contributed by atoms with Gasteiger partial charge in [-0.05, 0) is 6.08 Å². The molecule has 6 aliphatic heterocycles. The minimum atomic E-state index is -6.38. The van der Waals surface area contributed by atoms with Crippen molar-refractivity contribution in [3.8, 4) is 0 Å². The van der Waals surface area contributed by atoms with E-state index in [1.165, 1.54) is 4.72 Å². The topological polar surface area (TPSA) is 844 Å². The smallest absolute Gasteiger partial charge is 0.397 e.